The van der Waals surface area contributed by atoms with Crippen LogP contribution in [-0.4, -0.2) is 35.0 Å². The number of hydrogen-bond donors (Lipinski definition) is 2. The molecule has 7 heteroatoms. The Morgan fingerprint density at radius 3 is 2.31 bits per heavy atom. The summed E-state index contributed by atoms with van der Waals surface area (Å²) < 4.78 is 6.55. The van der Waals surface area contributed by atoms with E-state index in [1.807, 2.05) is 12.1 Å². The SMILES string of the molecule is CCOC(=O)c1cc(NC(=O)[C@@H](C)NC(=O)c2ccc(C(C)(C)C)cc2)cn1C. The lowest BCUT2D eigenvalue weighted by Crippen LogP contribution is -2.41. The first kappa shape index (κ1) is 22.2. The normalized spacial score (nSPS) is 12.2. The lowest BCUT2D eigenvalue weighted by atomic mass is 9.86. The second kappa shape index (κ2) is 8.94. The fourth-order valence-corrected chi connectivity index (χ4v) is 2.76. The summed E-state index contributed by atoms with van der Waals surface area (Å²) in [7, 11) is 1.69. The maximum Gasteiger partial charge on any atom is 0.355 e. The minimum Gasteiger partial charge on any atom is -0.461 e. The third kappa shape index (κ3) is 5.70. The highest BCUT2D eigenvalue weighted by atomic mass is 16.5. The van der Waals surface area contributed by atoms with E-state index in [0.29, 0.717) is 16.9 Å². The molecule has 0 spiro atoms. The van der Waals surface area contributed by atoms with Gasteiger partial charge in [-0.15, -0.1) is 0 Å². The number of amides is 2. The first-order valence-corrected chi connectivity index (χ1v) is 9.58. The van der Waals surface area contributed by atoms with E-state index in [2.05, 4.69) is 31.4 Å². The molecule has 0 unspecified atom stereocenters. The molecule has 0 bridgehead atoms. The summed E-state index contributed by atoms with van der Waals surface area (Å²) in [6.07, 6.45) is 1.61. The van der Waals surface area contributed by atoms with Crippen LogP contribution in [0.25, 0.3) is 0 Å². The van der Waals surface area contributed by atoms with Crippen LogP contribution in [0.5, 0.6) is 0 Å². The Balaban J connectivity index is 1.99. The molecule has 1 aromatic carbocycles. The topological polar surface area (TPSA) is 89.4 Å². The summed E-state index contributed by atoms with van der Waals surface area (Å²) in [4.78, 5) is 36.7. The van der Waals surface area contributed by atoms with Gasteiger partial charge in [0.2, 0.25) is 5.91 Å². The Hall–Kier alpha value is -3.09. The molecule has 1 heterocycles. The van der Waals surface area contributed by atoms with Gasteiger partial charge in [0.1, 0.15) is 11.7 Å². The molecule has 0 aliphatic rings. The molecule has 0 radical (unpaired) electrons. The van der Waals surface area contributed by atoms with E-state index in [1.165, 1.54) is 6.07 Å². The smallest absolute Gasteiger partial charge is 0.355 e. The van der Waals surface area contributed by atoms with Crippen LogP contribution in [0.3, 0.4) is 0 Å². The molecule has 2 N–H and O–H groups in total. The van der Waals surface area contributed by atoms with Gasteiger partial charge in [0, 0.05) is 18.8 Å². The number of ether oxygens (including phenoxy) is 1. The zero-order valence-corrected chi connectivity index (χ0v) is 17.8. The zero-order valence-electron chi connectivity index (χ0n) is 17.8. The van der Waals surface area contributed by atoms with Crippen LogP contribution in [0, 0.1) is 0 Å². The molecular weight excluding hydrogens is 370 g/mol. The number of anilines is 1. The predicted molar refractivity (Wildman–Crippen MR) is 112 cm³/mol. The van der Waals surface area contributed by atoms with Crippen LogP contribution in [0.4, 0.5) is 5.69 Å². The van der Waals surface area contributed by atoms with Crippen molar-refractivity contribution >= 4 is 23.5 Å². The summed E-state index contributed by atoms with van der Waals surface area (Å²) >= 11 is 0. The number of rotatable bonds is 6. The lowest BCUT2D eigenvalue weighted by molar-refractivity contribution is -0.117. The number of carbonyl (C=O) groups is 3. The van der Waals surface area contributed by atoms with Crippen LogP contribution >= 0.6 is 0 Å². The molecule has 0 aliphatic carbocycles. The highest BCUT2D eigenvalue weighted by Crippen LogP contribution is 2.22. The van der Waals surface area contributed by atoms with Gasteiger partial charge in [-0.1, -0.05) is 32.9 Å². The summed E-state index contributed by atoms with van der Waals surface area (Å²) in [6.45, 7) is 9.91. The van der Waals surface area contributed by atoms with E-state index in [4.69, 9.17) is 4.74 Å². The third-order valence-electron chi connectivity index (χ3n) is 4.51. The average Bonchev–Trinajstić information content (AvgIpc) is 3.01. The average molecular weight is 399 g/mol. The number of benzene rings is 1. The number of nitrogens with zero attached hydrogens (tertiary/aromatic N) is 1. The number of aryl methyl sites for hydroxylation is 1. The molecule has 2 aromatic rings. The van der Waals surface area contributed by atoms with Crippen LogP contribution < -0.4 is 10.6 Å². The highest BCUT2D eigenvalue weighted by molar-refractivity contribution is 6.01. The lowest BCUT2D eigenvalue weighted by Gasteiger charge is -2.19. The summed E-state index contributed by atoms with van der Waals surface area (Å²) in [5.74, 6) is -1.17. The summed E-state index contributed by atoms with van der Waals surface area (Å²) in [5.41, 5.74) is 2.40. The highest BCUT2D eigenvalue weighted by Gasteiger charge is 2.20. The van der Waals surface area contributed by atoms with Crippen LogP contribution in [0.1, 0.15) is 61.0 Å². The van der Waals surface area contributed by atoms with Crippen molar-refractivity contribution in [3.63, 3.8) is 0 Å². The largest absolute Gasteiger partial charge is 0.461 e. The molecule has 156 valence electrons. The monoisotopic (exact) mass is 399 g/mol. The standard InChI is InChI=1S/C22H29N3O4/c1-7-29-21(28)18-12-17(13-25(18)6)24-19(26)14(2)23-20(27)15-8-10-16(11-9-15)22(3,4)5/h8-14H,7H2,1-6H3,(H,23,27)(H,24,26)/t14-/m1/s1. The van der Waals surface area contributed by atoms with Crippen molar-refractivity contribution in [2.45, 2.75) is 46.1 Å². The molecule has 29 heavy (non-hydrogen) atoms. The fraction of sp³-hybridized carbons (Fsp3) is 0.409. The van der Waals surface area contributed by atoms with Gasteiger partial charge in [-0.25, -0.2) is 4.79 Å². The molecular formula is C22H29N3O4. The van der Waals surface area contributed by atoms with Crippen molar-refractivity contribution in [3.8, 4) is 0 Å². The Bertz CT molecular complexity index is 892. The third-order valence-corrected chi connectivity index (χ3v) is 4.51. The first-order valence-electron chi connectivity index (χ1n) is 9.58. The maximum absolute atomic E-state index is 12.4. The van der Waals surface area contributed by atoms with Gasteiger partial charge >= 0.3 is 5.97 Å². The van der Waals surface area contributed by atoms with Crippen molar-refractivity contribution in [1.29, 1.82) is 0 Å². The molecule has 0 fully saturated rings. The van der Waals surface area contributed by atoms with Crippen LogP contribution in [0.15, 0.2) is 36.5 Å². The van der Waals surface area contributed by atoms with E-state index < -0.39 is 12.0 Å². The van der Waals surface area contributed by atoms with Crippen molar-refractivity contribution in [3.05, 3.63) is 53.3 Å². The number of hydrogen-bond acceptors (Lipinski definition) is 4. The van der Waals surface area contributed by atoms with Gasteiger partial charge in [0.25, 0.3) is 5.91 Å². The van der Waals surface area contributed by atoms with Gasteiger partial charge in [-0.2, -0.15) is 0 Å². The second-order valence-electron chi connectivity index (χ2n) is 7.96. The maximum atomic E-state index is 12.4. The van der Waals surface area contributed by atoms with Gasteiger partial charge in [-0.05, 0) is 43.0 Å². The zero-order chi connectivity index (χ0) is 21.8. The van der Waals surface area contributed by atoms with Gasteiger partial charge < -0.3 is 19.9 Å². The fourth-order valence-electron chi connectivity index (χ4n) is 2.76. The Kier molecular flexibility index (Phi) is 6.84. The van der Waals surface area contributed by atoms with Gasteiger partial charge in [0.05, 0.1) is 12.3 Å². The van der Waals surface area contributed by atoms with Crippen molar-refractivity contribution < 1.29 is 19.1 Å². The Labute approximate surface area is 171 Å². The molecule has 1 aromatic heterocycles. The first-order chi connectivity index (χ1) is 13.5. The Morgan fingerprint density at radius 2 is 1.76 bits per heavy atom. The molecule has 0 saturated carbocycles. The predicted octanol–water partition coefficient (Wildman–Crippen LogP) is 3.26. The van der Waals surface area contributed by atoms with Gasteiger partial charge in [0.15, 0.2) is 0 Å². The van der Waals surface area contributed by atoms with E-state index in [0.717, 1.165) is 5.56 Å². The van der Waals surface area contributed by atoms with Gasteiger partial charge in [-0.3, -0.25) is 9.59 Å². The summed E-state index contributed by atoms with van der Waals surface area (Å²) in [5, 5.41) is 5.39. The van der Waals surface area contributed by atoms with E-state index in [1.54, 1.807) is 43.8 Å². The van der Waals surface area contributed by atoms with Crippen LogP contribution in [-0.2, 0) is 22.0 Å². The number of carbonyl (C=O) groups excluding carboxylic acids is 3. The molecule has 2 rings (SSSR count). The number of esters is 1. The molecule has 2 amide bonds. The van der Waals surface area contributed by atoms with E-state index in [-0.39, 0.29) is 23.8 Å². The minimum atomic E-state index is -0.754. The molecule has 7 nitrogen and oxygen atoms in total. The molecule has 1 atom stereocenters. The number of aromatic nitrogens is 1. The van der Waals surface area contributed by atoms with Crippen molar-refractivity contribution in [2.24, 2.45) is 7.05 Å². The second-order valence-corrected chi connectivity index (χ2v) is 7.96. The van der Waals surface area contributed by atoms with E-state index in [9.17, 15) is 14.4 Å². The summed E-state index contributed by atoms with van der Waals surface area (Å²) in [6, 6.07) is 8.12. The minimum absolute atomic E-state index is 0.000270. The quantitative estimate of drug-likeness (QED) is 0.730. The Morgan fingerprint density at radius 1 is 1.14 bits per heavy atom. The van der Waals surface area contributed by atoms with Crippen molar-refractivity contribution in [1.82, 2.24) is 9.88 Å². The number of nitrogens with one attached hydrogen (secondary N) is 2. The molecule has 0 saturated heterocycles. The molecule has 0 aliphatic heterocycles. The van der Waals surface area contributed by atoms with Crippen LogP contribution in [0.2, 0.25) is 0 Å². The van der Waals surface area contributed by atoms with Crippen molar-refractivity contribution in [2.75, 3.05) is 11.9 Å². The van der Waals surface area contributed by atoms with E-state index >= 15 is 0 Å².